The number of hydrogen-bond donors (Lipinski definition) is 0. The predicted octanol–water partition coefficient (Wildman–Crippen LogP) is 1.27. The van der Waals surface area contributed by atoms with E-state index in [4.69, 9.17) is 21.1 Å². The van der Waals surface area contributed by atoms with E-state index in [9.17, 15) is 4.79 Å². The van der Waals surface area contributed by atoms with Crippen LogP contribution in [0.1, 0.15) is 12.7 Å². The van der Waals surface area contributed by atoms with Crippen LogP contribution >= 0.6 is 11.6 Å². The topological polar surface area (TPSA) is 82.4 Å². The minimum absolute atomic E-state index is 0.204. The zero-order valence-electron chi connectivity index (χ0n) is 13.4. The van der Waals surface area contributed by atoms with Gasteiger partial charge in [-0.1, -0.05) is 0 Å². The van der Waals surface area contributed by atoms with Gasteiger partial charge in [-0.25, -0.2) is 0 Å². The minimum atomic E-state index is -0.610. The van der Waals surface area contributed by atoms with E-state index in [-0.39, 0.29) is 12.5 Å². The van der Waals surface area contributed by atoms with E-state index in [1.807, 2.05) is 0 Å². The number of tetrazole rings is 1. The first-order valence-corrected chi connectivity index (χ1v) is 7.29. The van der Waals surface area contributed by atoms with Gasteiger partial charge in [0.15, 0.2) is 5.82 Å². The molecule has 1 aromatic carbocycles. The van der Waals surface area contributed by atoms with Gasteiger partial charge in [0.2, 0.25) is 5.91 Å². The molecule has 9 heteroatoms. The average molecular weight is 340 g/mol. The molecule has 0 N–H and O–H groups in total. The molecule has 0 saturated heterocycles. The Kier molecular flexibility index (Phi) is 5.38. The van der Waals surface area contributed by atoms with E-state index in [2.05, 4.69) is 15.5 Å². The molecule has 0 aliphatic carbocycles. The number of carbonyl (C=O) groups excluding carboxylic acids is 1. The standard InChI is InChI=1S/C14H18ClN5O3/c1-9(15)14(21)19(2)8-13-16-17-18-20(13)10-5-11(22-3)7-12(6-10)23-4/h5-7,9H,8H2,1-4H3. The van der Waals surface area contributed by atoms with Crippen molar-refractivity contribution in [2.45, 2.75) is 18.8 Å². The van der Waals surface area contributed by atoms with Crippen LogP contribution in [-0.2, 0) is 11.3 Å². The number of carbonyl (C=O) groups is 1. The summed E-state index contributed by atoms with van der Waals surface area (Å²) in [6.45, 7) is 1.85. The normalized spacial score (nSPS) is 11.9. The van der Waals surface area contributed by atoms with E-state index in [1.165, 1.54) is 9.58 Å². The molecule has 1 aromatic heterocycles. The SMILES string of the molecule is COc1cc(OC)cc(-n2nnnc2CN(C)C(=O)C(C)Cl)c1. The van der Waals surface area contributed by atoms with Crippen LogP contribution in [0.25, 0.3) is 5.69 Å². The van der Waals surface area contributed by atoms with Gasteiger partial charge in [0.05, 0.1) is 26.5 Å². The van der Waals surface area contributed by atoms with E-state index in [0.717, 1.165) is 0 Å². The van der Waals surface area contributed by atoms with Crippen molar-refractivity contribution in [2.75, 3.05) is 21.3 Å². The fourth-order valence-electron chi connectivity index (χ4n) is 2.01. The molecule has 0 bridgehead atoms. The van der Waals surface area contributed by atoms with Gasteiger partial charge in [0.25, 0.3) is 0 Å². The molecule has 2 rings (SSSR count). The Morgan fingerprint density at radius 3 is 2.43 bits per heavy atom. The molecule has 1 atom stereocenters. The molecule has 0 fully saturated rings. The van der Waals surface area contributed by atoms with Crippen LogP contribution in [0.2, 0.25) is 0 Å². The van der Waals surface area contributed by atoms with Gasteiger partial charge in [0.1, 0.15) is 16.9 Å². The fourth-order valence-corrected chi connectivity index (χ4v) is 2.18. The summed E-state index contributed by atoms with van der Waals surface area (Å²) in [7, 11) is 4.77. The predicted molar refractivity (Wildman–Crippen MR) is 84.0 cm³/mol. The third-order valence-electron chi connectivity index (χ3n) is 3.21. The Morgan fingerprint density at radius 2 is 1.91 bits per heavy atom. The highest BCUT2D eigenvalue weighted by molar-refractivity contribution is 6.30. The zero-order valence-corrected chi connectivity index (χ0v) is 14.1. The van der Waals surface area contributed by atoms with Crippen LogP contribution in [0.15, 0.2) is 18.2 Å². The number of ether oxygens (including phenoxy) is 2. The number of rotatable bonds is 6. The van der Waals surface area contributed by atoms with E-state index < -0.39 is 5.38 Å². The molecule has 0 aliphatic heterocycles. The second kappa shape index (κ2) is 7.28. The van der Waals surface area contributed by atoms with Crippen LogP contribution in [0.3, 0.4) is 0 Å². The fraction of sp³-hybridized carbons (Fsp3) is 0.429. The molecule has 8 nitrogen and oxygen atoms in total. The maximum Gasteiger partial charge on any atom is 0.240 e. The van der Waals surface area contributed by atoms with E-state index in [0.29, 0.717) is 23.0 Å². The number of nitrogens with zero attached hydrogens (tertiary/aromatic N) is 5. The summed E-state index contributed by atoms with van der Waals surface area (Å²) in [4.78, 5) is 13.4. The Bertz CT molecular complexity index is 667. The first-order valence-electron chi connectivity index (χ1n) is 6.86. The first kappa shape index (κ1) is 17.0. The number of hydrogen-bond acceptors (Lipinski definition) is 6. The van der Waals surface area contributed by atoms with E-state index >= 15 is 0 Å². The average Bonchev–Trinajstić information content (AvgIpc) is 3.01. The Balaban J connectivity index is 2.32. The number of alkyl halides is 1. The van der Waals surface area contributed by atoms with Crippen LogP contribution in [-0.4, -0.2) is 57.7 Å². The third-order valence-corrected chi connectivity index (χ3v) is 3.40. The molecule has 0 aliphatic rings. The summed E-state index contributed by atoms with van der Waals surface area (Å²) in [5.74, 6) is 1.51. The van der Waals surface area contributed by atoms with Gasteiger partial charge >= 0.3 is 0 Å². The second-order valence-corrected chi connectivity index (χ2v) is 5.54. The maximum atomic E-state index is 11.9. The van der Waals surface area contributed by atoms with Gasteiger partial charge in [-0.3, -0.25) is 4.79 Å². The van der Waals surface area contributed by atoms with Crippen LogP contribution in [0, 0.1) is 0 Å². The number of aromatic nitrogens is 4. The van der Waals surface area contributed by atoms with Gasteiger partial charge in [-0.2, -0.15) is 4.68 Å². The third kappa shape index (κ3) is 3.89. The van der Waals surface area contributed by atoms with Crippen molar-refractivity contribution in [3.8, 4) is 17.2 Å². The molecule has 1 heterocycles. The van der Waals surface area contributed by atoms with Crippen molar-refractivity contribution in [1.82, 2.24) is 25.1 Å². The van der Waals surface area contributed by atoms with Crippen molar-refractivity contribution in [3.63, 3.8) is 0 Å². The summed E-state index contributed by atoms with van der Waals surface area (Å²) in [5.41, 5.74) is 0.668. The molecule has 0 radical (unpaired) electrons. The summed E-state index contributed by atoms with van der Waals surface area (Å²) in [6, 6.07) is 5.29. The lowest BCUT2D eigenvalue weighted by Gasteiger charge is -2.18. The molecule has 1 unspecified atom stereocenters. The highest BCUT2D eigenvalue weighted by Gasteiger charge is 2.19. The molecule has 1 amide bonds. The molecule has 0 saturated carbocycles. The van der Waals surface area contributed by atoms with Gasteiger partial charge in [-0.05, 0) is 17.4 Å². The quantitative estimate of drug-likeness (QED) is 0.737. The van der Waals surface area contributed by atoms with Crippen molar-refractivity contribution < 1.29 is 14.3 Å². The number of halogens is 1. The van der Waals surface area contributed by atoms with Crippen LogP contribution in [0.4, 0.5) is 0 Å². The molecule has 2 aromatic rings. The van der Waals surface area contributed by atoms with Crippen LogP contribution in [0.5, 0.6) is 11.5 Å². The zero-order chi connectivity index (χ0) is 17.0. The Morgan fingerprint density at radius 1 is 1.30 bits per heavy atom. The van der Waals surface area contributed by atoms with Crippen LogP contribution < -0.4 is 9.47 Å². The molecule has 124 valence electrons. The summed E-state index contributed by atoms with van der Waals surface area (Å²) in [6.07, 6.45) is 0. The summed E-state index contributed by atoms with van der Waals surface area (Å²) < 4.78 is 12.0. The first-order chi connectivity index (χ1) is 11.0. The van der Waals surface area contributed by atoms with Crippen molar-refractivity contribution in [1.29, 1.82) is 0 Å². The van der Waals surface area contributed by atoms with Gasteiger partial charge < -0.3 is 14.4 Å². The Hall–Kier alpha value is -2.35. The van der Waals surface area contributed by atoms with Gasteiger partial charge in [0, 0.05) is 25.2 Å². The lowest BCUT2D eigenvalue weighted by molar-refractivity contribution is -0.129. The van der Waals surface area contributed by atoms with Crippen molar-refractivity contribution in [3.05, 3.63) is 24.0 Å². The number of amides is 1. The van der Waals surface area contributed by atoms with Crippen molar-refractivity contribution >= 4 is 17.5 Å². The number of methoxy groups -OCH3 is 2. The summed E-state index contributed by atoms with van der Waals surface area (Å²) in [5, 5.41) is 11.0. The lowest BCUT2D eigenvalue weighted by atomic mass is 10.2. The van der Waals surface area contributed by atoms with Gasteiger partial charge in [-0.15, -0.1) is 16.7 Å². The Labute approximate surface area is 138 Å². The smallest absolute Gasteiger partial charge is 0.240 e. The lowest BCUT2D eigenvalue weighted by Crippen LogP contribution is -2.32. The second-order valence-electron chi connectivity index (χ2n) is 4.89. The largest absolute Gasteiger partial charge is 0.497 e. The van der Waals surface area contributed by atoms with Crippen molar-refractivity contribution in [2.24, 2.45) is 0 Å². The minimum Gasteiger partial charge on any atom is -0.497 e. The molecule has 23 heavy (non-hydrogen) atoms. The summed E-state index contributed by atoms with van der Waals surface area (Å²) >= 11 is 5.82. The van der Waals surface area contributed by atoms with E-state index in [1.54, 1.807) is 46.4 Å². The monoisotopic (exact) mass is 339 g/mol. The maximum absolute atomic E-state index is 11.9. The molecule has 0 spiro atoms. The highest BCUT2D eigenvalue weighted by atomic mass is 35.5. The number of benzene rings is 1. The highest BCUT2D eigenvalue weighted by Crippen LogP contribution is 2.25. The molecular weight excluding hydrogens is 322 g/mol. The molecular formula is C14H18ClN5O3.